The molecule has 0 rings (SSSR count). The molecule has 0 spiro atoms. The van der Waals surface area contributed by atoms with Crippen molar-refractivity contribution >= 4 is 11.9 Å². The fourth-order valence-electron chi connectivity index (χ4n) is 6.61. The van der Waals surface area contributed by atoms with E-state index in [0.717, 1.165) is 31.6 Å². The van der Waals surface area contributed by atoms with Crippen LogP contribution in [-0.4, -0.2) is 25.2 Å². The molecule has 0 heterocycles. The van der Waals surface area contributed by atoms with Crippen LogP contribution >= 0.6 is 0 Å². The highest BCUT2D eigenvalue weighted by molar-refractivity contribution is 5.69. The van der Waals surface area contributed by atoms with Gasteiger partial charge < -0.3 is 9.47 Å². The molecule has 0 aromatic carbocycles. The third-order valence-electron chi connectivity index (χ3n) is 9.98. The van der Waals surface area contributed by atoms with E-state index in [0.29, 0.717) is 37.9 Å². The van der Waals surface area contributed by atoms with Gasteiger partial charge in [0.1, 0.15) is 0 Å². The summed E-state index contributed by atoms with van der Waals surface area (Å²) in [7, 11) is 0. The van der Waals surface area contributed by atoms with Gasteiger partial charge in [0.05, 0.1) is 13.2 Å². The van der Waals surface area contributed by atoms with Crippen LogP contribution in [0.3, 0.4) is 0 Å². The molecule has 0 aliphatic rings. The van der Waals surface area contributed by atoms with Gasteiger partial charge in [-0.15, -0.1) is 0 Å². The first-order valence-corrected chi connectivity index (χ1v) is 20.8. The highest BCUT2D eigenvalue weighted by Gasteiger charge is 2.13. The molecule has 2 unspecified atom stereocenters. The first-order chi connectivity index (χ1) is 22.5. The molecule has 4 nitrogen and oxygen atoms in total. The van der Waals surface area contributed by atoms with Crippen LogP contribution in [0.1, 0.15) is 227 Å². The van der Waals surface area contributed by atoms with Crippen LogP contribution in [0.4, 0.5) is 0 Å². The first kappa shape index (κ1) is 44.9. The molecule has 0 aliphatic heterocycles. The van der Waals surface area contributed by atoms with Crippen molar-refractivity contribution < 1.29 is 19.1 Å². The Bertz CT molecular complexity index is 640. The summed E-state index contributed by atoms with van der Waals surface area (Å²) in [4.78, 5) is 24.4. The maximum atomic E-state index is 12.3. The molecular formula is C42H82O4. The zero-order valence-corrected chi connectivity index (χ0v) is 32.0. The maximum Gasteiger partial charge on any atom is 0.305 e. The minimum absolute atomic E-state index is 0.0152. The predicted molar refractivity (Wildman–Crippen MR) is 199 cm³/mol. The fraction of sp³-hybridized carbons (Fsp3) is 0.952. The average Bonchev–Trinajstić information content (AvgIpc) is 3.05. The normalized spacial score (nSPS) is 12.8. The van der Waals surface area contributed by atoms with Crippen LogP contribution < -0.4 is 0 Å². The Hall–Kier alpha value is -1.06. The summed E-state index contributed by atoms with van der Waals surface area (Å²) in [6, 6.07) is 0. The molecular weight excluding hydrogens is 568 g/mol. The smallest absolute Gasteiger partial charge is 0.305 e. The SMILES string of the molecule is CCCCCCC(CCCC)COC(=O)CCCCCCCCC(C)CCCCCCCCC(=O)OCC(CCCC)CCCC. The highest BCUT2D eigenvalue weighted by atomic mass is 16.5. The number of unbranched alkanes of at least 4 members (excludes halogenated alkanes) is 16. The van der Waals surface area contributed by atoms with Crippen LogP contribution in [-0.2, 0) is 19.1 Å². The molecule has 0 aliphatic carbocycles. The van der Waals surface area contributed by atoms with Gasteiger partial charge in [0.15, 0.2) is 0 Å². The van der Waals surface area contributed by atoms with Crippen molar-refractivity contribution in [3.8, 4) is 0 Å². The zero-order valence-electron chi connectivity index (χ0n) is 32.0. The van der Waals surface area contributed by atoms with Crippen molar-refractivity contribution in [1.82, 2.24) is 0 Å². The summed E-state index contributed by atoms with van der Waals surface area (Å²) in [5.41, 5.74) is 0. The van der Waals surface area contributed by atoms with Crippen molar-refractivity contribution in [3.63, 3.8) is 0 Å². The average molecular weight is 651 g/mol. The Kier molecular flexibility index (Phi) is 34.4. The minimum Gasteiger partial charge on any atom is -0.465 e. The Balaban J connectivity index is 3.63. The van der Waals surface area contributed by atoms with E-state index in [4.69, 9.17) is 9.47 Å². The fourth-order valence-corrected chi connectivity index (χ4v) is 6.61. The number of carbonyl (C=O) groups is 2. The molecule has 0 radical (unpaired) electrons. The maximum absolute atomic E-state index is 12.3. The summed E-state index contributed by atoms with van der Waals surface area (Å²) in [6.07, 6.45) is 36.0. The van der Waals surface area contributed by atoms with E-state index in [1.54, 1.807) is 0 Å². The molecule has 2 atom stereocenters. The number of hydrogen-bond donors (Lipinski definition) is 0. The topological polar surface area (TPSA) is 52.6 Å². The monoisotopic (exact) mass is 651 g/mol. The molecule has 0 aromatic rings. The van der Waals surface area contributed by atoms with Crippen LogP contribution in [0, 0.1) is 17.8 Å². The zero-order chi connectivity index (χ0) is 33.9. The van der Waals surface area contributed by atoms with Crippen molar-refractivity contribution in [1.29, 1.82) is 0 Å². The van der Waals surface area contributed by atoms with Gasteiger partial charge in [-0.3, -0.25) is 9.59 Å². The van der Waals surface area contributed by atoms with E-state index >= 15 is 0 Å². The van der Waals surface area contributed by atoms with E-state index in [1.165, 1.54) is 154 Å². The lowest BCUT2D eigenvalue weighted by Gasteiger charge is -2.16. The Morgan fingerprint density at radius 2 is 0.696 bits per heavy atom. The van der Waals surface area contributed by atoms with Crippen LogP contribution in [0.2, 0.25) is 0 Å². The number of rotatable bonds is 36. The van der Waals surface area contributed by atoms with E-state index < -0.39 is 0 Å². The largest absolute Gasteiger partial charge is 0.465 e. The predicted octanol–water partition coefficient (Wildman–Crippen LogP) is 13.7. The molecule has 274 valence electrons. The molecule has 0 saturated carbocycles. The van der Waals surface area contributed by atoms with Crippen LogP contribution in [0.25, 0.3) is 0 Å². The second kappa shape index (κ2) is 35.3. The standard InChI is InChI=1S/C42H82O4/c1-6-10-14-25-33-40(32-13-9-4)37-46-42(44)35-27-22-18-16-20-24-29-38(5)28-23-19-15-17-21-26-34-41(43)45-36-39(30-11-7-2)31-12-8-3/h38-40H,6-37H2,1-5H3. The Labute approximate surface area is 288 Å². The van der Waals surface area contributed by atoms with Gasteiger partial charge in [0, 0.05) is 12.8 Å². The van der Waals surface area contributed by atoms with Gasteiger partial charge in [-0.1, -0.05) is 176 Å². The summed E-state index contributed by atoms with van der Waals surface area (Å²) >= 11 is 0. The van der Waals surface area contributed by atoms with Gasteiger partial charge in [-0.2, -0.15) is 0 Å². The molecule has 46 heavy (non-hydrogen) atoms. The number of hydrogen-bond acceptors (Lipinski definition) is 4. The summed E-state index contributed by atoms with van der Waals surface area (Å²) in [6.45, 7) is 12.7. The van der Waals surface area contributed by atoms with E-state index in [9.17, 15) is 9.59 Å². The van der Waals surface area contributed by atoms with E-state index in [2.05, 4.69) is 34.6 Å². The first-order valence-electron chi connectivity index (χ1n) is 20.8. The quantitative estimate of drug-likeness (QED) is 0.0500. The van der Waals surface area contributed by atoms with Gasteiger partial charge in [-0.25, -0.2) is 0 Å². The van der Waals surface area contributed by atoms with E-state index in [-0.39, 0.29) is 11.9 Å². The lowest BCUT2D eigenvalue weighted by atomic mass is 9.95. The summed E-state index contributed by atoms with van der Waals surface area (Å²) < 4.78 is 11.3. The van der Waals surface area contributed by atoms with E-state index in [1.807, 2.05) is 0 Å². The molecule has 0 N–H and O–H groups in total. The number of esters is 2. The minimum atomic E-state index is 0.0152. The van der Waals surface area contributed by atoms with Gasteiger partial charge in [-0.05, 0) is 56.3 Å². The number of carbonyl (C=O) groups excluding carboxylic acids is 2. The molecule has 0 bridgehead atoms. The van der Waals surface area contributed by atoms with Gasteiger partial charge in [0.25, 0.3) is 0 Å². The Morgan fingerprint density at radius 3 is 1.09 bits per heavy atom. The second-order valence-corrected chi connectivity index (χ2v) is 14.8. The molecule has 0 amide bonds. The Morgan fingerprint density at radius 1 is 0.391 bits per heavy atom. The lowest BCUT2D eigenvalue weighted by molar-refractivity contribution is -0.146. The molecule has 0 fully saturated rings. The highest BCUT2D eigenvalue weighted by Crippen LogP contribution is 2.21. The summed E-state index contributed by atoms with van der Waals surface area (Å²) in [5, 5.41) is 0. The van der Waals surface area contributed by atoms with Crippen LogP contribution in [0.15, 0.2) is 0 Å². The molecule has 0 aromatic heterocycles. The van der Waals surface area contributed by atoms with Crippen LogP contribution in [0.5, 0.6) is 0 Å². The third-order valence-corrected chi connectivity index (χ3v) is 9.98. The summed E-state index contributed by atoms with van der Waals surface area (Å²) in [5.74, 6) is 1.98. The number of ether oxygens (including phenoxy) is 2. The molecule has 4 heteroatoms. The lowest BCUT2D eigenvalue weighted by Crippen LogP contribution is -2.14. The van der Waals surface area contributed by atoms with Crippen molar-refractivity contribution in [3.05, 3.63) is 0 Å². The van der Waals surface area contributed by atoms with Crippen molar-refractivity contribution in [2.24, 2.45) is 17.8 Å². The van der Waals surface area contributed by atoms with Gasteiger partial charge in [0.2, 0.25) is 0 Å². The van der Waals surface area contributed by atoms with Gasteiger partial charge >= 0.3 is 11.9 Å². The third kappa shape index (κ3) is 31.5. The van der Waals surface area contributed by atoms with Crippen molar-refractivity contribution in [2.75, 3.05) is 13.2 Å². The van der Waals surface area contributed by atoms with Crippen molar-refractivity contribution in [2.45, 2.75) is 227 Å². The second-order valence-electron chi connectivity index (χ2n) is 14.8. The molecule has 0 saturated heterocycles.